The van der Waals surface area contributed by atoms with E-state index in [9.17, 15) is 4.79 Å². The summed E-state index contributed by atoms with van der Waals surface area (Å²) in [4.78, 5) is 13.0. The topological polar surface area (TPSA) is 59.6 Å². The number of fused-ring (bicyclic) bond motifs is 3. The highest BCUT2D eigenvalue weighted by Gasteiger charge is 2.30. The molecular formula is C29H38N2O3. The minimum absolute atomic E-state index is 0.0842. The molecule has 2 atom stereocenters. The first kappa shape index (κ1) is 23.4. The second-order valence-electron chi connectivity index (χ2n) is 10.1. The molecule has 2 aromatic carbocycles. The highest BCUT2D eigenvalue weighted by Crippen LogP contribution is 2.44. The maximum Gasteiger partial charge on any atom is 0.194 e. The zero-order chi connectivity index (χ0) is 23.2. The second kappa shape index (κ2) is 11.4. The third-order valence-electron chi connectivity index (χ3n) is 7.64. The smallest absolute Gasteiger partial charge is 0.194 e. The Balaban J connectivity index is 1.17. The zero-order valence-electron chi connectivity index (χ0n) is 20.2. The number of unbranched alkanes of at least 4 members (excludes halogenated alkanes) is 2. The number of ether oxygens (including phenoxy) is 2. The number of hydrogen-bond donors (Lipinski definition) is 2. The van der Waals surface area contributed by atoms with Crippen LogP contribution in [-0.4, -0.2) is 45.2 Å². The molecule has 0 radical (unpaired) electrons. The Hall–Kier alpha value is -2.37. The molecule has 5 nitrogen and oxygen atoms in total. The molecule has 5 heteroatoms. The summed E-state index contributed by atoms with van der Waals surface area (Å²) in [6.07, 6.45) is 9.65. The molecule has 2 saturated heterocycles. The van der Waals surface area contributed by atoms with Crippen molar-refractivity contribution in [3.8, 4) is 22.6 Å². The van der Waals surface area contributed by atoms with Crippen LogP contribution in [0.4, 0.5) is 0 Å². The van der Waals surface area contributed by atoms with Gasteiger partial charge in [-0.05, 0) is 114 Å². The van der Waals surface area contributed by atoms with E-state index in [0.717, 1.165) is 71.5 Å². The van der Waals surface area contributed by atoms with E-state index >= 15 is 0 Å². The molecule has 5 rings (SSSR count). The predicted octanol–water partition coefficient (Wildman–Crippen LogP) is 5.22. The number of nitrogens with one attached hydrogen (secondary N) is 2. The van der Waals surface area contributed by atoms with Crippen molar-refractivity contribution in [2.24, 2.45) is 11.8 Å². The number of carbonyl (C=O) groups is 1. The van der Waals surface area contributed by atoms with Gasteiger partial charge in [-0.3, -0.25) is 4.79 Å². The lowest BCUT2D eigenvalue weighted by molar-refractivity contribution is 0.104. The lowest BCUT2D eigenvalue weighted by Gasteiger charge is -2.13. The molecule has 2 aromatic rings. The largest absolute Gasteiger partial charge is 0.494 e. The van der Waals surface area contributed by atoms with Crippen LogP contribution in [0.5, 0.6) is 11.5 Å². The van der Waals surface area contributed by atoms with Crippen molar-refractivity contribution in [2.75, 3.05) is 39.4 Å². The van der Waals surface area contributed by atoms with Gasteiger partial charge in [-0.25, -0.2) is 0 Å². The van der Waals surface area contributed by atoms with Crippen LogP contribution in [0.15, 0.2) is 36.4 Å². The molecule has 2 unspecified atom stereocenters. The highest BCUT2D eigenvalue weighted by atomic mass is 16.5. The van der Waals surface area contributed by atoms with Crippen molar-refractivity contribution in [1.29, 1.82) is 0 Å². The van der Waals surface area contributed by atoms with Gasteiger partial charge in [0.25, 0.3) is 0 Å². The van der Waals surface area contributed by atoms with E-state index in [1.807, 2.05) is 36.4 Å². The fourth-order valence-electron chi connectivity index (χ4n) is 5.65. The lowest BCUT2D eigenvalue weighted by Crippen LogP contribution is -2.09. The number of benzene rings is 2. The number of ketones is 1. The standard InChI is InChI=1S/C29H38N2O3/c32-29-24-11-10-23(33-16-3-1-6-21-12-14-30-19-21)18-26(24)28-25(29)8-5-9-27(28)34-17-4-2-7-22-13-15-31-20-22/h5,8-11,18,21-22,30-31H,1-4,6-7,12-17,19-20H2. The summed E-state index contributed by atoms with van der Waals surface area (Å²) in [5.74, 6) is 3.39. The molecule has 182 valence electrons. The van der Waals surface area contributed by atoms with E-state index in [2.05, 4.69) is 10.6 Å². The second-order valence-corrected chi connectivity index (χ2v) is 10.1. The Morgan fingerprint density at radius 1 is 0.765 bits per heavy atom. The van der Waals surface area contributed by atoms with Gasteiger partial charge in [0.2, 0.25) is 0 Å². The summed E-state index contributed by atoms with van der Waals surface area (Å²) >= 11 is 0. The van der Waals surface area contributed by atoms with Crippen molar-refractivity contribution in [1.82, 2.24) is 10.6 Å². The van der Waals surface area contributed by atoms with Crippen molar-refractivity contribution in [2.45, 2.75) is 51.4 Å². The van der Waals surface area contributed by atoms with Gasteiger partial charge < -0.3 is 20.1 Å². The fraction of sp³-hybridized carbons (Fsp3) is 0.552. The molecule has 0 aromatic heterocycles. The van der Waals surface area contributed by atoms with E-state index in [1.54, 1.807) is 0 Å². The lowest BCUT2D eigenvalue weighted by atomic mass is 10.0. The molecule has 3 aliphatic rings. The molecule has 0 spiro atoms. The van der Waals surface area contributed by atoms with Crippen LogP contribution in [0.1, 0.15) is 67.3 Å². The molecule has 1 aliphatic carbocycles. The Morgan fingerprint density at radius 3 is 2.15 bits per heavy atom. The van der Waals surface area contributed by atoms with Crippen molar-refractivity contribution in [3.05, 3.63) is 47.5 Å². The summed E-state index contributed by atoms with van der Waals surface area (Å²) in [5, 5.41) is 6.88. The highest BCUT2D eigenvalue weighted by molar-refractivity contribution is 6.22. The van der Waals surface area contributed by atoms with Crippen LogP contribution >= 0.6 is 0 Å². The van der Waals surface area contributed by atoms with Crippen molar-refractivity contribution < 1.29 is 14.3 Å². The van der Waals surface area contributed by atoms with Gasteiger partial charge in [-0.2, -0.15) is 0 Å². The molecule has 34 heavy (non-hydrogen) atoms. The van der Waals surface area contributed by atoms with E-state index < -0.39 is 0 Å². The van der Waals surface area contributed by atoms with E-state index in [0.29, 0.717) is 13.2 Å². The predicted molar refractivity (Wildman–Crippen MR) is 136 cm³/mol. The Morgan fingerprint density at radius 2 is 1.47 bits per heavy atom. The van der Waals surface area contributed by atoms with Crippen LogP contribution < -0.4 is 20.1 Å². The van der Waals surface area contributed by atoms with Gasteiger partial charge in [0.1, 0.15) is 11.5 Å². The van der Waals surface area contributed by atoms with Gasteiger partial charge in [0.05, 0.1) is 13.2 Å². The van der Waals surface area contributed by atoms with Gasteiger partial charge in [-0.1, -0.05) is 12.1 Å². The van der Waals surface area contributed by atoms with E-state index in [-0.39, 0.29) is 5.78 Å². The first-order chi connectivity index (χ1) is 16.8. The quantitative estimate of drug-likeness (QED) is 0.362. The Kier molecular flexibility index (Phi) is 7.82. The first-order valence-corrected chi connectivity index (χ1v) is 13.3. The third-order valence-corrected chi connectivity index (χ3v) is 7.64. The number of carbonyl (C=O) groups excluding carboxylic acids is 1. The number of hydrogen-bond acceptors (Lipinski definition) is 5. The van der Waals surface area contributed by atoms with Crippen LogP contribution in [0.3, 0.4) is 0 Å². The monoisotopic (exact) mass is 462 g/mol. The van der Waals surface area contributed by atoms with Gasteiger partial charge >= 0.3 is 0 Å². The molecule has 0 bridgehead atoms. The normalized spacial score (nSPS) is 21.0. The van der Waals surface area contributed by atoms with Gasteiger partial charge in [-0.15, -0.1) is 0 Å². The summed E-state index contributed by atoms with van der Waals surface area (Å²) in [5.41, 5.74) is 3.37. The van der Waals surface area contributed by atoms with E-state index in [1.165, 1.54) is 51.6 Å². The molecule has 2 aliphatic heterocycles. The maximum atomic E-state index is 13.0. The first-order valence-electron chi connectivity index (χ1n) is 13.3. The third kappa shape index (κ3) is 5.47. The fourth-order valence-corrected chi connectivity index (χ4v) is 5.65. The zero-order valence-corrected chi connectivity index (χ0v) is 20.2. The van der Waals surface area contributed by atoms with E-state index in [4.69, 9.17) is 9.47 Å². The molecular weight excluding hydrogens is 424 g/mol. The van der Waals surface area contributed by atoms with Crippen LogP contribution in [0.25, 0.3) is 11.1 Å². The maximum absolute atomic E-state index is 13.0. The minimum atomic E-state index is 0.0842. The summed E-state index contributed by atoms with van der Waals surface area (Å²) in [6.45, 7) is 6.06. The minimum Gasteiger partial charge on any atom is -0.494 e. The average Bonchev–Trinajstić information content (AvgIpc) is 3.62. The molecule has 0 amide bonds. The van der Waals surface area contributed by atoms with Crippen molar-refractivity contribution in [3.63, 3.8) is 0 Å². The Labute approximate surface area is 203 Å². The van der Waals surface area contributed by atoms with Crippen LogP contribution in [0.2, 0.25) is 0 Å². The van der Waals surface area contributed by atoms with Crippen LogP contribution in [-0.2, 0) is 0 Å². The van der Waals surface area contributed by atoms with Crippen LogP contribution in [0, 0.1) is 11.8 Å². The summed E-state index contributed by atoms with van der Waals surface area (Å²) < 4.78 is 12.3. The van der Waals surface area contributed by atoms with Gasteiger partial charge in [0.15, 0.2) is 5.78 Å². The SMILES string of the molecule is O=C1c2ccc(OCCCCC3CCNC3)cc2-c2c(OCCCCC3CCNC3)cccc21. The summed E-state index contributed by atoms with van der Waals surface area (Å²) in [6, 6.07) is 11.7. The molecule has 2 heterocycles. The summed E-state index contributed by atoms with van der Waals surface area (Å²) in [7, 11) is 0. The molecule has 2 fully saturated rings. The molecule has 2 N–H and O–H groups in total. The average molecular weight is 463 g/mol. The Bertz CT molecular complexity index is 977. The molecule has 0 saturated carbocycles. The van der Waals surface area contributed by atoms with Crippen molar-refractivity contribution >= 4 is 5.78 Å². The number of rotatable bonds is 12. The van der Waals surface area contributed by atoms with Gasteiger partial charge in [0, 0.05) is 22.3 Å².